The Morgan fingerprint density at radius 1 is 1.26 bits per heavy atom. The van der Waals surface area contributed by atoms with Gasteiger partial charge in [0.25, 0.3) is 5.91 Å². The van der Waals surface area contributed by atoms with E-state index in [2.05, 4.69) is 4.90 Å². The Kier molecular flexibility index (Phi) is 3.15. The Morgan fingerprint density at radius 3 is 2.47 bits per heavy atom. The van der Waals surface area contributed by atoms with Gasteiger partial charge in [0.15, 0.2) is 0 Å². The summed E-state index contributed by atoms with van der Waals surface area (Å²) in [4.78, 5) is 13.9. The number of halogens is 1. The van der Waals surface area contributed by atoms with E-state index >= 15 is 0 Å². The van der Waals surface area contributed by atoms with Crippen LogP contribution in [-0.2, 0) is 0 Å². The zero-order valence-corrected chi connectivity index (χ0v) is 11.4. The molecule has 0 aromatic heterocycles. The summed E-state index contributed by atoms with van der Waals surface area (Å²) in [5.41, 5.74) is 13.0. The molecule has 0 spiro atoms. The third-order valence-corrected chi connectivity index (χ3v) is 4.51. The van der Waals surface area contributed by atoms with Gasteiger partial charge in [-0.05, 0) is 43.9 Å². The standard InChI is InChI=1S/C14H18ClN3O/c15-8-1-4-12(14(17)19)13(5-8)18-10-2-3-11(18)7-9(16)6-10/h1,4-5,9-11H,2-3,6-7,16H2,(H2,17,19). The van der Waals surface area contributed by atoms with Crippen LogP contribution in [0.25, 0.3) is 0 Å². The maximum atomic E-state index is 11.6. The molecular weight excluding hydrogens is 262 g/mol. The van der Waals surface area contributed by atoms with E-state index < -0.39 is 5.91 Å². The highest BCUT2D eigenvalue weighted by molar-refractivity contribution is 6.31. The number of piperidine rings is 1. The van der Waals surface area contributed by atoms with Crippen LogP contribution in [0.3, 0.4) is 0 Å². The fourth-order valence-corrected chi connectivity index (χ4v) is 3.71. The minimum absolute atomic E-state index is 0.268. The van der Waals surface area contributed by atoms with Crippen molar-refractivity contribution in [3.05, 3.63) is 28.8 Å². The minimum Gasteiger partial charge on any atom is -0.366 e. The summed E-state index contributed by atoms with van der Waals surface area (Å²) in [7, 11) is 0. The van der Waals surface area contributed by atoms with Crippen molar-refractivity contribution in [3.63, 3.8) is 0 Å². The van der Waals surface area contributed by atoms with Crippen molar-refractivity contribution in [2.45, 2.75) is 43.8 Å². The van der Waals surface area contributed by atoms with Crippen LogP contribution in [0.5, 0.6) is 0 Å². The van der Waals surface area contributed by atoms with Gasteiger partial charge in [0, 0.05) is 23.1 Å². The van der Waals surface area contributed by atoms with E-state index in [0.29, 0.717) is 22.7 Å². The summed E-state index contributed by atoms with van der Waals surface area (Å²) in [6.45, 7) is 0. The maximum Gasteiger partial charge on any atom is 0.250 e. The van der Waals surface area contributed by atoms with Gasteiger partial charge in [0.1, 0.15) is 0 Å². The van der Waals surface area contributed by atoms with E-state index in [1.807, 2.05) is 6.07 Å². The molecule has 4 N–H and O–H groups in total. The van der Waals surface area contributed by atoms with Gasteiger partial charge in [-0.25, -0.2) is 0 Å². The van der Waals surface area contributed by atoms with Crippen LogP contribution in [0.1, 0.15) is 36.0 Å². The predicted octanol–water partition coefficient (Wildman–Crippen LogP) is 1.90. The van der Waals surface area contributed by atoms with Gasteiger partial charge in [-0.2, -0.15) is 0 Å². The lowest BCUT2D eigenvalue weighted by Crippen LogP contribution is -2.48. The molecule has 2 heterocycles. The summed E-state index contributed by atoms with van der Waals surface area (Å²) in [5, 5.41) is 0.634. The number of benzene rings is 1. The second-order valence-electron chi connectivity index (χ2n) is 5.55. The lowest BCUT2D eigenvalue weighted by molar-refractivity contribution is 0.100. The minimum atomic E-state index is -0.402. The highest BCUT2D eigenvalue weighted by atomic mass is 35.5. The molecule has 2 atom stereocenters. The smallest absolute Gasteiger partial charge is 0.250 e. The fraction of sp³-hybridized carbons (Fsp3) is 0.500. The highest BCUT2D eigenvalue weighted by Crippen LogP contribution is 2.40. The van der Waals surface area contributed by atoms with Gasteiger partial charge >= 0.3 is 0 Å². The van der Waals surface area contributed by atoms with E-state index in [9.17, 15) is 4.79 Å². The van der Waals surface area contributed by atoms with Gasteiger partial charge in [-0.15, -0.1) is 0 Å². The van der Waals surface area contributed by atoms with Crippen molar-refractivity contribution in [3.8, 4) is 0 Å². The molecule has 1 aromatic carbocycles. The maximum absolute atomic E-state index is 11.6. The van der Waals surface area contributed by atoms with Gasteiger partial charge in [-0.3, -0.25) is 4.79 Å². The quantitative estimate of drug-likeness (QED) is 0.868. The third-order valence-electron chi connectivity index (χ3n) is 4.27. The summed E-state index contributed by atoms with van der Waals surface area (Å²) >= 11 is 6.08. The Balaban J connectivity index is 2.03. The zero-order valence-electron chi connectivity index (χ0n) is 10.7. The number of primary amides is 1. The molecule has 0 saturated carbocycles. The van der Waals surface area contributed by atoms with E-state index in [1.165, 1.54) is 0 Å². The lowest BCUT2D eigenvalue weighted by Gasteiger charge is -2.40. The van der Waals surface area contributed by atoms with Crippen molar-refractivity contribution in [1.29, 1.82) is 0 Å². The van der Waals surface area contributed by atoms with E-state index in [1.54, 1.807) is 12.1 Å². The summed E-state index contributed by atoms with van der Waals surface area (Å²) < 4.78 is 0. The third kappa shape index (κ3) is 2.19. The largest absolute Gasteiger partial charge is 0.366 e. The van der Waals surface area contributed by atoms with Crippen molar-refractivity contribution in [1.82, 2.24) is 0 Å². The second kappa shape index (κ2) is 4.69. The molecule has 2 saturated heterocycles. The Morgan fingerprint density at radius 2 is 1.89 bits per heavy atom. The predicted molar refractivity (Wildman–Crippen MR) is 76.5 cm³/mol. The van der Waals surface area contributed by atoms with Crippen LogP contribution in [0, 0.1) is 0 Å². The molecule has 1 aromatic rings. The lowest BCUT2D eigenvalue weighted by atomic mass is 9.96. The molecule has 5 heteroatoms. The van der Waals surface area contributed by atoms with Crippen LogP contribution in [-0.4, -0.2) is 24.0 Å². The molecule has 1 amide bonds. The number of nitrogens with zero attached hydrogens (tertiary/aromatic N) is 1. The number of amides is 1. The first-order valence-corrected chi connectivity index (χ1v) is 7.07. The van der Waals surface area contributed by atoms with Crippen molar-refractivity contribution in [2.24, 2.45) is 11.5 Å². The number of rotatable bonds is 2. The number of fused-ring (bicyclic) bond motifs is 2. The molecule has 4 nitrogen and oxygen atoms in total. The van der Waals surface area contributed by atoms with Crippen LogP contribution >= 0.6 is 11.6 Å². The van der Waals surface area contributed by atoms with Crippen molar-refractivity contribution < 1.29 is 4.79 Å². The molecule has 3 rings (SSSR count). The molecular formula is C14H18ClN3O. The SMILES string of the molecule is NC(=O)c1ccc(Cl)cc1N1C2CCC1CC(N)C2. The molecule has 0 aliphatic carbocycles. The van der Waals surface area contributed by atoms with Crippen molar-refractivity contribution in [2.75, 3.05) is 4.90 Å². The van der Waals surface area contributed by atoms with Crippen LogP contribution in [0.4, 0.5) is 5.69 Å². The number of nitrogens with two attached hydrogens (primary N) is 2. The number of hydrogen-bond acceptors (Lipinski definition) is 3. The molecule has 19 heavy (non-hydrogen) atoms. The van der Waals surface area contributed by atoms with E-state index in [4.69, 9.17) is 23.1 Å². The van der Waals surface area contributed by atoms with Gasteiger partial charge in [0.2, 0.25) is 0 Å². The first-order valence-electron chi connectivity index (χ1n) is 6.69. The molecule has 2 unspecified atom stereocenters. The first-order chi connectivity index (χ1) is 9.06. The summed E-state index contributed by atoms with van der Waals surface area (Å²) in [6.07, 6.45) is 4.20. The average molecular weight is 280 g/mol. The van der Waals surface area contributed by atoms with Gasteiger partial charge in [-0.1, -0.05) is 11.6 Å². The summed E-state index contributed by atoms with van der Waals surface area (Å²) in [5.74, 6) is -0.402. The normalized spacial score (nSPS) is 29.6. The molecule has 2 fully saturated rings. The number of carbonyl (C=O) groups excluding carboxylic acids is 1. The average Bonchev–Trinajstić information content (AvgIpc) is 2.61. The Hall–Kier alpha value is -1.26. The van der Waals surface area contributed by atoms with Crippen molar-refractivity contribution >= 4 is 23.2 Å². The molecule has 0 radical (unpaired) electrons. The fourth-order valence-electron chi connectivity index (χ4n) is 3.54. The number of anilines is 1. The summed E-state index contributed by atoms with van der Waals surface area (Å²) in [6, 6.07) is 6.36. The molecule has 2 aliphatic heterocycles. The topological polar surface area (TPSA) is 72.4 Å². The van der Waals surface area contributed by atoms with E-state index in [0.717, 1.165) is 31.4 Å². The number of carbonyl (C=O) groups is 1. The van der Waals surface area contributed by atoms with Crippen LogP contribution < -0.4 is 16.4 Å². The van der Waals surface area contributed by atoms with Gasteiger partial charge in [0.05, 0.1) is 11.3 Å². The molecule has 102 valence electrons. The van der Waals surface area contributed by atoms with Gasteiger partial charge < -0.3 is 16.4 Å². The molecule has 2 bridgehead atoms. The number of hydrogen-bond donors (Lipinski definition) is 2. The second-order valence-corrected chi connectivity index (χ2v) is 5.99. The van der Waals surface area contributed by atoms with E-state index in [-0.39, 0.29) is 6.04 Å². The Bertz CT molecular complexity index is 505. The first kappa shape index (κ1) is 12.8. The zero-order chi connectivity index (χ0) is 13.6. The van der Waals surface area contributed by atoms with Crippen LogP contribution in [0.15, 0.2) is 18.2 Å². The Labute approximate surface area is 117 Å². The highest BCUT2D eigenvalue weighted by Gasteiger charge is 2.40. The monoisotopic (exact) mass is 279 g/mol. The molecule has 2 aliphatic rings. The van der Waals surface area contributed by atoms with Crippen LogP contribution in [0.2, 0.25) is 5.02 Å².